The molecule has 4 nitrogen and oxygen atoms in total. The largest absolute Gasteiger partial charge is 0.296 e. The van der Waals surface area contributed by atoms with Crippen LogP contribution in [0.15, 0.2) is 18.2 Å². The molecule has 2 rings (SSSR count). The number of aldehydes is 1. The van der Waals surface area contributed by atoms with Crippen LogP contribution in [0.5, 0.6) is 0 Å². The van der Waals surface area contributed by atoms with Crippen LogP contribution < -0.4 is 0 Å². The molecule has 0 saturated heterocycles. The van der Waals surface area contributed by atoms with E-state index in [1.54, 1.807) is 16.5 Å². The summed E-state index contributed by atoms with van der Waals surface area (Å²) >= 11 is 0. The van der Waals surface area contributed by atoms with Crippen molar-refractivity contribution in [3.05, 3.63) is 29.7 Å². The number of fused-ring (bicyclic) bond motifs is 1. The predicted molar refractivity (Wildman–Crippen MR) is 52.5 cm³/mol. The average Bonchev–Trinajstić information content (AvgIpc) is 2.60. The van der Waals surface area contributed by atoms with E-state index in [-0.39, 0.29) is 5.92 Å². The molecule has 0 aliphatic rings. The van der Waals surface area contributed by atoms with E-state index in [1.165, 1.54) is 0 Å². The highest BCUT2D eigenvalue weighted by Crippen LogP contribution is 2.14. The summed E-state index contributed by atoms with van der Waals surface area (Å²) in [5, 5.41) is 8.06. The molecule has 0 aliphatic carbocycles. The lowest BCUT2D eigenvalue weighted by Gasteiger charge is -2.04. The number of aromatic nitrogens is 3. The third kappa shape index (κ3) is 1.19. The fourth-order valence-corrected chi connectivity index (χ4v) is 1.45. The van der Waals surface area contributed by atoms with Gasteiger partial charge in [-0.05, 0) is 12.1 Å². The zero-order valence-electron chi connectivity index (χ0n) is 8.14. The molecule has 2 aromatic rings. The molecule has 72 valence electrons. The van der Waals surface area contributed by atoms with Crippen molar-refractivity contribution in [1.82, 2.24) is 14.6 Å². The molecular weight excluding hydrogens is 178 g/mol. The second-order valence-electron chi connectivity index (χ2n) is 3.48. The first kappa shape index (κ1) is 8.87. The molecule has 0 aromatic carbocycles. The van der Waals surface area contributed by atoms with E-state index in [9.17, 15) is 4.79 Å². The molecule has 0 atom stereocenters. The average molecular weight is 189 g/mol. The highest BCUT2D eigenvalue weighted by molar-refractivity contribution is 5.73. The quantitative estimate of drug-likeness (QED) is 0.675. The lowest BCUT2D eigenvalue weighted by atomic mass is 10.2. The Morgan fingerprint density at radius 1 is 1.36 bits per heavy atom. The molecule has 0 bridgehead atoms. The molecule has 0 amide bonds. The van der Waals surface area contributed by atoms with E-state index in [4.69, 9.17) is 0 Å². The van der Waals surface area contributed by atoms with Gasteiger partial charge in [-0.1, -0.05) is 19.9 Å². The summed E-state index contributed by atoms with van der Waals surface area (Å²) in [6.45, 7) is 4.05. The van der Waals surface area contributed by atoms with Gasteiger partial charge in [0.15, 0.2) is 11.9 Å². The molecule has 0 aliphatic heterocycles. The van der Waals surface area contributed by atoms with Gasteiger partial charge in [-0.3, -0.25) is 9.20 Å². The lowest BCUT2D eigenvalue weighted by Crippen LogP contribution is -2.01. The first-order chi connectivity index (χ1) is 6.74. The number of hydrogen-bond acceptors (Lipinski definition) is 3. The smallest absolute Gasteiger partial charge is 0.166 e. The molecule has 0 radical (unpaired) electrons. The van der Waals surface area contributed by atoms with Gasteiger partial charge in [-0.25, -0.2) is 0 Å². The van der Waals surface area contributed by atoms with Gasteiger partial charge in [0.1, 0.15) is 5.82 Å². The second-order valence-corrected chi connectivity index (χ2v) is 3.48. The van der Waals surface area contributed by atoms with E-state index in [0.717, 1.165) is 17.8 Å². The lowest BCUT2D eigenvalue weighted by molar-refractivity contribution is 0.111. The second kappa shape index (κ2) is 3.21. The summed E-state index contributed by atoms with van der Waals surface area (Å²) in [5.74, 6) is 1.08. The molecule has 14 heavy (non-hydrogen) atoms. The van der Waals surface area contributed by atoms with Crippen LogP contribution in [0, 0.1) is 0 Å². The minimum atomic E-state index is 0.256. The normalized spacial score (nSPS) is 11.1. The molecule has 2 heterocycles. The molecule has 0 unspecified atom stereocenters. The van der Waals surface area contributed by atoms with Crippen molar-refractivity contribution in [3.63, 3.8) is 0 Å². The maximum Gasteiger partial charge on any atom is 0.166 e. The summed E-state index contributed by atoms with van der Waals surface area (Å²) < 4.78 is 1.79. The predicted octanol–water partition coefficient (Wildman–Crippen LogP) is 1.67. The van der Waals surface area contributed by atoms with Crippen LogP contribution in [-0.2, 0) is 0 Å². The van der Waals surface area contributed by atoms with E-state index >= 15 is 0 Å². The Balaban J connectivity index is 2.80. The Hall–Kier alpha value is -1.71. The summed E-state index contributed by atoms with van der Waals surface area (Å²) in [5.41, 5.74) is 1.31. The molecule has 2 aromatic heterocycles. The number of hydrogen-bond donors (Lipinski definition) is 0. The Bertz CT molecular complexity index is 473. The molecule has 0 saturated carbocycles. The van der Waals surface area contributed by atoms with Gasteiger partial charge in [0.05, 0.1) is 5.69 Å². The van der Waals surface area contributed by atoms with E-state index < -0.39 is 0 Å². The van der Waals surface area contributed by atoms with Crippen molar-refractivity contribution >= 4 is 11.9 Å². The van der Waals surface area contributed by atoms with Crippen LogP contribution >= 0.6 is 0 Å². The number of pyridine rings is 1. The molecule has 4 heteroatoms. The Labute approximate surface area is 81.6 Å². The van der Waals surface area contributed by atoms with E-state index in [2.05, 4.69) is 10.2 Å². The topological polar surface area (TPSA) is 47.3 Å². The standard InChI is InChI=1S/C10H11N3O/c1-7(2)10-12-11-9-5-3-4-8(6-14)13(9)10/h3-7H,1-2H3. The molecular formula is C10H11N3O. The van der Waals surface area contributed by atoms with Crippen molar-refractivity contribution < 1.29 is 4.79 Å². The van der Waals surface area contributed by atoms with Crippen molar-refractivity contribution in [1.29, 1.82) is 0 Å². The minimum Gasteiger partial charge on any atom is -0.296 e. The highest BCUT2D eigenvalue weighted by Gasteiger charge is 2.11. The first-order valence-corrected chi connectivity index (χ1v) is 4.53. The van der Waals surface area contributed by atoms with Crippen LogP contribution in [-0.4, -0.2) is 20.9 Å². The van der Waals surface area contributed by atoms with Crippen LogP contribution in [0.3, 0.4) is 0 Å². The maximum absolute atomic E-state index is 10.8. The summed E-state index contributed by atoms with van der Waals surface area (Å²) in [6.07, 6.45) is 0.822. The molecule has 0 fully saturated rings. The first-order valence-electron chi connectivity index (χ1n) is 4.53. The fourth-order valence-electron chi connectivity index (χ4n) is 1.45. The van der Waals surface area contributed by atoms with Gasteiger partial charge >= 0.3 is 0 Å². The van der Waals surface area contributed by atoms with E-state index in [1.807, 2.05) is 19.9 Å². The Morgan fingerprint density at radius 2 is 2.14 bits per heavy atom. The maximum atomic E-state index is 10.8. The van der Waals surface area contributed by atoms with Gasteiger partial charge < -0.3 is 0 Å². The SMILES string of the molecule is CC(C)c1nnc2cccc(C=O)n12. The van der Waals surface area contributed by atoms with Gasteiger partial charge in [-0.15, -0.1) is 10.2 Å². The van der Waals surface area contributed by atoms with Gasteiger partial charge in [-0.2, -0.15) is 0 Å². The third-order valence-corrected chi connectivity index (χ3v) is 2.12. The minimum absolute atomic E-state index is 0.256. The zero-order chi connectivity index (χ0) is 10.1. The van der Waals surface area contributed by atoms with Crippen molar-refractivity contribution in [2.24, 2.45) is 0 Å². The third-order valence-electron chi connectivity index (χ3n) is 2.12. The Kier molecular flexibility index (Phi) is 2.04. The van der Waals surface area contributed by atoms with Gasteiger partial charge in [0, 0.05) is 5.92 Å². The van der Waals surface area contributed by atoms with Crippen molar-refractivity contribution in [2.75, 3.05) is 0 Å². The van der Waals surface area contributed by atoms with Crippen molar-refractivity contribution in [3.8, 4) is 0 Å². The summed E-state index contributed by atoms with van der Waals surface area (Å²) in [4.78, 5) is 10.8. The Morgan fingerprint density at radius 3 is 2.79 bits per heavy atom. The zero-order valence-corrected chi connectivity index (χ0v) is 8.14. The summed E-state index contributed by atoms with van der Waals surface area (Å²) in [6, 6.07) is 5.40. The van der Waals surface area contributed by atoms with Crippen LogP contribution in [0.1, 0.15) is 36.1 Å². The fraction of sp³-hybridized carbons (Fsp3) is 0.300. The summed E-state index contributed by atoms with van der Waals surface area (Å²) in [7, 11) is 0. The number of carbonyl (C=O) groups excluding carboxylic acids is 1. The number of nitrogens with zero attached hydrogens (tertiary/aromatic N) is 3. The van der Waals surface area contributed by atoms with E-state index in [0.29, 0.717) is 5.69 Å². The highest BCUT2D eigenvalue weighted by atomic mass is 16.1. The van der Waals surface area contributed by atoms with Gasteiger partial charge in [0.25, 0.3) is 0 Å². The van der Waals surface area contributed by atoms with Crippen molar-refractivity contribution in [2.45, 2.75) is 19.8 Å². The monoisotopic (exact) mass is 189 g/mol. The van der Waals surface area contributed by atoms with Crippen LogP contribution in [0.4, 0.5) is 0 Å². The van der Waals surface area contributed by atoms with Crippen LogP contribution in [0.25, 0.3) is 5.65 Å². The number of rotatable bonds is 2. The van der Waals surface area contributed by atoms with Gasteiger partial charge in [0.2, 0.25) is 0 Å². The molecule has 0 N–H and O–H groups in total. The molecule has 0 spiro atoms. The van der Waals surface area contributed by atoms with Crippen LogP contribution in [0.2, 0.25) is 0 Å². The number of carbonyl (C=O) groups is 1.